The smallest absolute Gasteiger partial charge is 0.330 e. The summed E-state index contributed by atoms with van der Waals surface area (Å²) >= 11 is 7.25. The molecule has 2 aromatic rings. The Hall–Kier alpha value is -2.19. The first-order chi connectivity index (χ1) is 13.7. The zero-order valence-electron chi connectivity index (χ0n) is 16.9. The second-order valence-corrected chi connectivity index (χ2v) is 8.62. The van der Waals surface area contributed by atoms with Gasteiger partial charge in [-0.3, -0.25) is 19.1 Å². The fourth-order valence-corrected chi connectivity index (χ4v) is 3.71. The van der Waals surface area contributed by atoms with Gasteiger partial charge in [-0.25, -0.2) is 4.79 Å². The lowest BCUT2D eigenvalue weighted by atomic mass is 10.2. The Bertz CT molecular complexity index is 954. The minimum Gasteiger partial charge on any atom is -0.383 e. The maximum absolute atomic E-state index is 13.0. The summed E-state index contributed by atoms with van der Waals surface area (Å²) in [6, 6.07) is 7.18. The Labute approximate surface area is 179 Å². The Morgan fingerprint density at radius 3 is 2.52 bits per heavy atom. The molecule has 0 aliphatic rings. The number of anilines is 2. The first kappa shape index (κ1) is 23.1. The van der Waals surface area contributed by atoms with Gasteiger partial charge < -0.3 is 10.6 Å². The van der Waals surface area contributed by atoms with E-state index >= 15 is 0 Å². The first-order valence-electron chi connectivity index (χ1n) is 9.55. The number of halogens is 1. The number of nitrogens with zero attached hydrogens (tertiary/aromatic N) is 2. The lowest BCUT2D eigenvalue weighted by molar-refractivity contribution is -0.116. The molecule has 29 heavy (non-hydrogen) atoms. The maximum atomic E-state index is 13.0. The van der Waals surface area contributed by atoms with E-state index in [9.17, 15) is 14.4 Å². The number of unbranched alkanes of at least 4 members (excludes halogenated alkanes) is 1. The quantitative estimate of drug-likeness (QED) is 0.584. The SMILES string of the molecule is CCCCn1c(N)c(N(CC(C)C)C(=O)CSc2ccc(Cl)cc2)c(=O)[nH]c1=O. The second-order valence-electron chi connectivity index (χ2n) is 7.14. The van der Waals surface area contributed by atoms with Crippen molar-refractivity contribution in [2.24, 2.45) is 5.92 Å². The maximum Gasteiger partial charge on any atom is 0.330 e. The molecule has 0 fully saturated rings. The summed E-state index contributed by atoms with van der Waals surface area (Å²) in [5, 5.41) is 0.621. The third-order valence-electron chi connectivity index (χ3n) is 4.24. The predicted molar refractivity (Wildman–Crippen MR) is 120 cm³/mol. The van der Waals surface area contributed by atoms with Crippen molar-refractivity contribution in [1.29, 1.82) is 0 Å². The van der Waals surface area contributed by atoms with Gasteiger partial charge in [0.25, 0.3) is 5.56 Å². The lowest BCUT2D eigenvalue weighted by Gasteiger charge is -2.26. The molecule has 1 aromatic carbocycles. The summed E-state index contributed by atoms with van der Waals surface area (Å²) in [5.41, 5.74) is 5.02. The summed E-state index contributed by atoms with van der Waals surface area (Å²) in [6.07, 6.45) is 1.60. The van der Waals surface area contributed by atoms with Crippen LogP contribution in [0.1, 0.15) is 33.6 Å². The van der Waals surface area contributed by atoms with Crippen LogP contribution in [0.25, 0.3) is 0 Å². The number of nitrogen functional groups attached to an aromatic ring is 1. The third kappa shape index (κ3) is 6.14. The van der Waals surface area contributed by atoms with E-state index in [1.807, 2.05) is 32.9 Å². The number of nitrogens with two attached hydrogens (primary N) is 1. The van der Waals surface area contributed by atoms with Crippen molar-refractivity contribution < 1.29 is 4.79 Å². The highest BCUT2D eigenvalue weighted by Gasteiger charge is 2.25. The van der Waals surface area contributed by atoms with Gasteiger partial charge in [0, 0.05) is 23.0 Å². The number of H-pyrrole nitrogens is 1. The lowest BCUT2D eigenvalue weighted by Crippen LogP contribution is -2.43. The van der Waals surface area contributed by atoms with Crippen molar-refractivity contribution in [3.05, 3.63) is 50.1 Å². The van der Waals surface area contributed by atoms with Crippen LogP contribution in [0.2, 0.25) is 5.02 Å². The third-order valence-corrected chi connectivity index (χ3v) is 5.49. The molecular weight excluding hydrogens is 412 g/mol. The molecule has 158 valence electrons. The van der Waals surface area contributed by atoms with Crippen molar-refractivity contribution in [2.75, 3.05) is 22.9 Å². The van der Waals surface area contributed by atoms with Crippen molar-refractivity contribution in [2.45, 2.75) is 45.1 Å². The van der Waals surface area contributed by atoms with Crippen molar-refractivity contribution in [3.8, 4) is 0 Å². The van der Waals surface area contributed by atoms with Crippen LogP contribution in [0.15, 0.2) is 38.8 Å². The molecule has 0 saturated heterocycles. The number of amides is 1. The van der Waals surface area contributed by atoms with Gasteiger partial charge >= 0.3 is 5.69 Å². The normalized spacial score (nSPS) is 11.1. The summed E-state index contributed by atoms with van der Waals surface area (Å²) in [5.74, 6) is 0.00458. The number of rotatable bonds is 9. The second kappa shape index (κ2) is 10.5. The standard InChI is InChI=1S/C20H27ClN4O3S/c1-4-5-10-24-18(22)17(19(27)23-20(24)28)25(11-13(2)3)16(26)12-29-15-8-6-14(21)7-9-15/h6-9,13H,4-5,10-12,22H2,1-3H3,(H,23,27,28). The number of hydrogen-bond donors (Lipinski definition) is 2. The summed E-state index contributed by atoms with van der Waals surface area (Å²) < 4.78 is 1.33. The Morgan fingerprint density at radius 1 is 1.28 bits per heavy atom. The van der Waals surface area contributed by atoms with Crippen LogP contribution in [-0.2, 0) is 11.3 Å². The van der Waals surface area contributed by atoms with E-state index in [0.29, 0.717) is 18.1 Å². The van der Waals surface area contributed by atoms with Crippen molar-refractivity contribution >= 4 is 40.8 Å². The van der Waals surface area contributed by atoms with Crippen LogP contribution in [0, 0.1) is 5.92 Å². The molecule has 0 aliphatic heterocycles. The Morgan fingerprint density at radius 2 is 1.93 bits per heavy atom. The number of nitrogens with one attached hydrogen (secondary N) is 1. The number of hydrogen-bond acceptors (Lipinski definition) is 5. The molecule has 1 heterocycles. The molecule has 0 radical (unpaired) electrons. The van der Waals surface area contributed by atoms with Gasteiger partial charge in [0.15, 0.2) is 5.69 Å². The number of aromatic amines is 1. The van der Waals surface area contributed by atoms with Crippen molar-refractivity contribution in [1.82, 2.24) is 9.55 Å². The first-order valence-corrected chi connectivity index (χ1v) is 10.9. The molecule has 0 bridgehead atoms. The molecule has 0 unspecified atom stereocenters. The van der Waals surface area contributed by atoms with E-state index in [1.165, 1.54) is 21.2 Å². The van der Waals surface area contributed by atoms with Gasteiger partial charge in [0.05, 0.1) is 5.75 Å². The highest BCUT2D eigenvalue weighted by molar-refractivity contribution is 8.00. The summed E-state index contributed by atoms with van der Waals surface area (Å²) in [7, 11) is 0. The van der Waals surface area contributed by atoms with Gasteiger partial charge in [-0.1, -0.05) is 38.8 Å². The Kier molecular flexibility index (Phi) is 8.40. The van der Waals surface area contributed by atoms with Gasteiger partial charge in [-0.15, -0.1) is 11.8 Å². The van der Waals surface area contributed by atoms with E-state index in [2.05, 4.69) is 4.98 Å². The molecule has 0 spiro atoms. The minimum absolute atomic E-state index is 0.0256. The molecule has 0 atom stereocenters. The number of benzene rings is 1. The average Bonchev–Trinajstić information content (AvgIpc) is 2.66. The van der Waals surface area contributed by atoms with E-state index in [4.69, 9.17) is 17.3 Å². The molecular formula is C20H27ClN4O3S. The molecule has 0 saturated carbocycles. The monoisotopic (exact) mass is 438 g/mol. The van der Waals surface area contributed by atoms with Crippen LogP contribution in [0.4, 0.5) is 11.5 Å². The van der Waals surface area contributed by atoms with E-state index < -0.39 is 11.2 Å². The van der Waals surface area contributed by atoms with Crippen LogP contribution in [0.3, 0.4) is 0 Å². The summed E-state index contributed by atoms with van der Waals surface area (Å²) in [4.78, 5) is 42.3. The van der Waals surface area contributed by atoms with E-state index in [0.717, 1.165) is 17.7 Å². The highest BCUT2D eigenvalue weighted by atomic mass is 35.5. The largest absolute Gasteiger partial charge is 0.383 e. The van der Waals surface area contributed by atoms with Crippen LogP contribution in [0.5, 0.6) is 0 Å². The molecule has 2 rings (SSSR count). The zero-order valence-corrected chi connectivity index (χ0v) is 18.5. The van der Waals surface area contributed by atoms with Gasteiger partial charge in [0.2, 0.25) is 5.91 Å². The van der Waals surface area contributed by atoms with Crippen molar-refractivity contribution in [3.63, 3.8) is 0 Å². The van der Waals surface area contributed by atoms with Crippen LogP contribution >= 0.6 is 23.4 Å². The fraction of sp³-hybridized carbons (Fsp3) is 0.450. The zero-order chi connectivity index (χ0) is 21.6. The number of carbonyl (C=O) groups is 1. The molecule has 1 aromatic heterocycles. The molecule has 7 nitrogen and oxygen atoms in total. The van der Waals surface area contributed by atoms with Gasteiger partial charge in [-0.2, -0.15) is 0 Å². The van der Waals surface area contributed by atoms with Crippen LogP contribution in [-0.4, -0.2) is 27.8 Å². The molecule has 1 amide bonds. The topological polar surface area (TPSA) is 101 Å². The number of carbonyl (C=O) groups excluding carboxylic acids is 1. The fourth-order valence-electron chi connectivity index (χ4n) is 2.81. The highest BCUT2D eigenvalue weighted by Crippen LogP contribution is 2.24. The predicted octanol–water partition coefficient (Wildman–Crippen LogP) is 3.35. The van der Waals surface area contributed by atoms with E-state index in [1.54, 1.807) is 12.1 Å². The van der Waals surface area contributed by atoms with Gasteiger partial charge in [0.1, 0.15) is 5.82 Å². The average molecular weight is 439 g/mol. The minimum atomic E-state index is -0.647. The molecule has 3 N–H and O–H groups in total. The van der Waals surface area contributed by atoms with Crippen LogP contribution < -0.4 is 21.9 Å². The number of thioether (sulfide) groups is 1. The molecule has 0 aliphatic carbocycles. The van der Waals surface area contributed by atoms with E-state index in [-0.39, 0.29) is 29.1 Å². The summed E-state index contributed by atoms with van der Waals surface area (Å²) in [6.45, 7) is 6.60. The Balaban J connectivity index is 2.35. The molecule has 9 heteroatoms. The number of aromatic nitrogens is 2. The van der Waals surface area contributed by atoms with Gasteiger partial charge in [-0.05, 0) is 36.6 Å².